The Morgan fingerprint density at radius 1 is 1.17 bits per heavy atom. The van der Waals surface area contributed by atoms with E-state index >= 15 is 0 Å². The highest BCUT2D eigenvalue weighted by molar-refractivity contribution is 7.99. The van der Waals surface area contributed by atoms with Gasteiger partial charge in [0.25, 0.3) is 0 Å². The van der Waals surface area contributed by atoms with Gasteiger partial charge < -0.3 is 4.52 Å². The summed E-state index contributed by atoms with van der Waals surface area (Å²) in [6.45, 7) is 8.16. The van der Waals surface area contributed by atoms with E-state index in [9.17, 15) is 0 Å². The molecule has 0 fully saturated rings. The van der Waals surface area contributed by atoms with E-state index in [4.69, 9.17) is 4.52 Å². The standard InChI is InChI=1S/C15H18N6OS/c1-10(23-14-17-19-20-21(14)15(2,3)4)13-16-12(18-22-13)11-8-6-5-7-9-11/h5-10H,1-4H3. The van der Waals surface area contributed by atoms with Gasteiger partial charge in [0.15, 0.2) is 0 Å². The van der Waals surface area contributed by atoms with Gasteiger partial charge in [0.2, 0.25) is 16.9 Å². The minimum Gasteiger partial charge on any atom is -0.338 e. The van der Waals surface area contributed by atoms with E-state index in [1.54, 1.807) is 4.68 Å². The molecule has 120 valence electrons. The van der Waals surface area contributed by atoms with Crippen molar-refractivity contribution in [3.05, 3.63) is 36.2 Å². The number of thioether (sulfide) groups is 1. The van der Waals surface area contributed by atoms with E-state index in [0.29, 0.717) is 11.7 Å². The molecule has 1 atom stereocenters. The minimum atomic E-state index is -0.185. The number of aromatic nitrogens is 6. The number of benzene rings is 1. The van der Waals surface area contributed by atoms with Crippen LogP contribution in [0.5, 0.6) is 0 Å². The van der Waals surface area contributed by atoms with Gasteiger partial charge in [-0.05, 0) is 38.1 Å². The predicted molar refractivity (Wildman–Crippen MR) is 86.8 cm³/mol. The highest BCUT2D eigenvalue weighted by Crippen LogP contribution is 2.34. The number of tetrazole rings is 1. The zero-order valence-corrected chi connectivity index (χ0v) is 14.3. The fraction of sp³-hybridized carbons (Fsp3) is 0.400. The molecule has 1 aromatic carbocycles. The molecule has 3 aromatic rings. The van der Waals surface area contributed by atoms with Crippen LogP contribution in [0.4, 0.5) is 0 Å². The number of nitrogens with zero attached hydrogens (tertiary/aromatic N) is 6. The lowest BCUT2D eigenvalue weighted by molar-refractivity contribution is 0.320. The van der Waals surface area contributed by atoms with E-state index < -0.39 is 0 Å². The maximum Gasteiger partial charge on any atom is 0.240 e. The number of hydrogen-bond acceptors (Lipinski definition) is 7. The van der Waals surface area contributed by atoms with Crippen LogP contribution in [0.15, 0.2) is 40.0 Å². The maximum atomic E-state index is 5.40. The molecule has 0 N–H and O–H groups in total. The van der Waals surface area contributed by atoms with Crippen molar-refractivity contribution in [1.82, 2.24) is 30.3 Å². The van der Waals surface area contributed by atoms with Crippen molar-refractivity contribution in [3.8, 4) is 11.4 Å². The van der Waals surface area contributed by atoms with Gasteiger partial charge in [-0.2, -0.15) is 4.98 Å². The predicted octanol–water partition coefficient (Wildman–Crippen LogP) is 3.33. The van der Waals surface area contributed by atoms with Crippen molar-refractivity contribution in [1.29, 1.82) is 0 Å². The average Bonchev–Trinajstić information content (AvgIpc) is 3.16. The molecule has 0 aliphatic heterocycles. The fourth-order valence-corrected chi connectivity index (χ4v) is 2.99. The first kappa shape index (κ1) is 15.7. The van der Waals surface area contributed by atoms with Gasteiger partial charge in [-0.15, -0.1) is 5.10 Å². The molecule has 8 heteroatoms. The van der Waals surface area contributed by atoms with E-state index in [1.807, 2.05) is 37.3 Å². The maximum absolute atomic E-state index is 5.40. The van der Waals surface area contributed by atoms with Gasteiger partial charge >= 0.3 is 0 Å². The lowest BCUT2D eigenvalue weighted by Crippen LogP contribution is -2.24. The molecule has 0 aliphatic rings. The number of hydrogen-bond donors (Lipinski definition) is 0. The summed E-state index contributed by atoms with van der Waals surface area (Å²) in [6.07, 6.45) is 0. The lowest BCUT2D eigenvalue weighted by Gasteiger charge is -2.19. The smallest absolute Gasteiger partial charge is 0.240 e. The Bertz CT molecular complexity index is 777. The van der Waals surface area contributed by atoms with E-state index in [0.717, 1.165) is 10.7 Å². The Kier molecular flexibility index (Phi) is 4.16. The molecular formula is C15H18N6OS. The molecule has 7 nitrogen and oxygen atoms in total. The fourth-order valence-electron chi connectivity index (χ4n) is 1.99. The summed E-state index contributed by atoms with van der Waals surface area (Å²) in [5.41, 5.74) is 0.745. The van der Waals surface area contributed by atoms with E-state index in [-0.39, 0.29) is 10.8 Å². The third-order valence-electron chi connectivity index (χ3n) is 3.18. The zero-order valence-electron chi connectivity index (χ0n) is 13.5. The first-order valence-corrected chi connectivity index (χ1v) is 8.17. The summed E-state index contributed by atoms with van der Waals surface area (Å²) in [6, 6.07) is 9.75. The molecule has 0 amide bonds. The molecule has 0 aliphatic carbocycles. The molecule has 2 heterocycles. The van der Waals surface area contributed by atoms with Crippen LogP contribution in [0.1, 0.15) is 38.8 Å². The highest BCUT2D eigenvalue weighted by atomic mass is 32.2. The van der Waals surface area contributed by atoms with Gasteiger partial charge in [0.05, 0.1) is 10.8 Å². The summed E-state index contributed by atoms with van der Waals surface area (Å²) in [4.78, 5) is 4.48. The molecule has 1 unspecified atom stereocenters. The Hall–Kier alpha value is -2.22. The summed E-state index contributed by atoms with van der Waals surface area (Å²) in [5, 5.41) is 16.6. The molecular weight excluding hydrogens is 312 g/mol. The third-order valence-corrected chi connectivity index (χ3v) is 4.20. The van der Waals surface area contributed by atoms with Crippen LogP contribution in [-0.4, -0.2) is 30.3 Å². The van der Waals surface area contributed by atoms with Crippen molar-refractivity contribution in [2.45, 2.75) is 43.6 Å². The van der Waals surface area contributed by atoms with Crippen LogP contribution in [0.3, 0.4) is 0 Å². The Labute approximate surface area is 138 Å². The molecule has 3 rings (SSSR count). The minimum absolute atomic E-state index is 0.0490. The van der Waals surface area contributed by atoms with Crippen molar-refractivity contribution in [2.24, 2.45) is 0 Å². The molecule has 0 radical (unpaired) electrons. The van der Waals surface area contributed by atoms with E-state index in [1.165, 1.54) is 11.8 Å². The summed E-state index contributed by atoms with van der Waals surface area (Å²) < 4.78 is 7.19. The second kappa shape index (κ2) is 6.11. The molecule has 0 saturated carbocycles. The summed E-state index contributed by atoms with van der Waals surface area (Å²) >= 11 is 1.50. The second-order valence-corrected chi connectivity index (χ2v) is 7.43. The van der Waals surface area contributed by atoms with Crippen LogP contribution in [0, 0.1) is 0 Å². The molecule has 0 bridgehead atoms. The van der Waals surface area contributed by atoms with Crippen molar-refractivity contribution in [2.75, 3.05) is 0 Å². The van der Waals surface area contributed by atoms with Gasteiger partial charge in [-0.1, -0.05) is 47.3 Å². The third kappa shape index (κ3) is 3.42. The van der Waals surface area contributed by atoms with Gasteiger partial charge in [0.1, 0.15) is 0 Å². The molecule has 2 aromatic heterocycles. The zero-order chi connectivity index (χ0) is 16.4. The van der Waals surface area contributed by atoms with Crippen molar-refractivity contribution in [3.63, 3.8) is 0 Å². The van der Waals surface area contributed by atoms with Crippen LogP contribution in [0.2, 0.25) is 0 Å². The van der Waals surface area contributed by atoms with Crippen LogP contribution >= 0.6 is 11.8 Å². The lowest BCUT2D eigenvalue weighted by atomic mass is 10.1. The van der Waals surface area contributed by atoms with Gasteiger partial charge in [-0.3, -0.25) is 0 Å². The van der Waals surface area contributed by atoms with Crippen LogP contribution in [-0.2, 0) is 5.54 Å². The molecule has 23 heavy (non-hydrogen) atoms. The van der Waals surface area contributed by atoms with Crippen molar-refractivity contribution < 1.29 is 4.52 Å². The topological polar surface area (TPSA) is 82.5 Å². The first-order chi connectivity index (χ1) is 10.9. The second-order valence-electron chi connectivity index (χ2n) is 6.13. The average molecular weight is 330 g/mol. The Morgan fingerprint density at radius 2 is 1.91 bits per heavy atom. The van der Waals surface area contributed by atoms with Crippen LogP contribution in [0.25, 0.3) is 11.4 Å². The quantitative estimate of drug-likeness (QED) is 0.678. The van der Waals surface area contributed by atoms with Crippen molar-refractivity contribution >= 4 is 11.8 Å². The monoisotopic (exact) mass is 330 g/mol. The largest absolute Gasteiger partial charge is 0.338 e. The first-order valence-electron chi connectivity index (χ1n) is 7.29. The Morgan fingerprint density at radius 3 is 2.61 bits per heavy atom. The molecule has 0 spiro atoms. The van der Waals surface area contributed by atoms with E-state index in [2.05, 4.69) is 46.4 Å². The summed E-state index contributed by atoms with van der Waals surface area (Å²) in [7, 11) is 0. The van der Waals surface area contributed by atoms with Gasteiger partial charge in [-0.25, -0.2) is 4.68 Å². The highest BCUT2D eigenvalue weighted by Gasteiger charge is 2.24. The van der Waals surface area contributed by atoms with Gasteiger partial charge in [0, 0.05) is 5.56 Å². The normalized spacial score (nSPS) is 13.2. The summed E-state index contributed by atoms with van der Waals surface area (Å²) in [5.74, 6) is 1.14. The Balaban J connectivity index is 1.79. The SMILES string of the molecule is CC(Sc1nnnn1C(C)(C)C)c1nc(-c2ccccc2)no1. The van der Waals surface area contributed by atoms with Crippen LogP contribution < -0.4 is 0 Å². The molecule has 0 saturated heterocycles. The number of rotatable bonds is 4.